The highest BCUT2D eigenvalue weighted by Crippen LogP contribution is 2.06. The van der Waals surface area contributed by atoms with Crippen molar-refractivity contribution in [3.63, 3.8) is 0 Å². The number of hydrogen-bond acceptors (Lipinski definition) is 5. The normalized spacial score (nSPS) is 26.0. The minimum atomic E-state index is 1.08. The van der Waals surface area contributed by atoms with E-state index in [0.29, 0.717) is 0 Å². The molecule has 0 atom stereocenters. The summed E-state index contributed by atoms with van der Waals surface area (Å²) in [6.45, 7) is 12.3. The zero-order valence-electron chi connectivity index (χ0n) is 9.71. The number of nitrogens with one attached hydrogen (secondary N) is 2. The maximum absolute atomic E-state index is 3.40. The first kappa shape index (κ1) is 11.3. The van der Waals surface area contributed by atoms with Crippen LogP contribution in [0.25, 0.3) is 0 Å². The fraction of sp³-hybridized carbons (Fsp3) is 1.00. The van der Waals surface area contributed by atoms with Crippen molar-refractivity contribution in [1.29, 1.82) is 0 Å². The summed E-state index contributed by atoms with van der Waals surface area (Å²) >= 11 is 0. The van der Waals surface area contributed by atoms with Crippen LogP contribution in [0.2, 0.25) is 0 Å². The fourth-order valence-corrected chi connectivity index (χ4v) is 2.35. The molecule has 2 fully saturated rings. The van der Waals surface area contributed by atoms with Crippen molar-refractivity contribution in [3.05, 3.63) is 0 Å². The fourth-order valence-electron chi connectivity index (χ4n) is 2.35. The predicted octanol–water partition coefficient (Wildman–Crippen LogP) is -1.05. The van der Waals surface area contributed by atoms with Gasteiger partial charge in [-0.05, 0) is 6.92 Å². The minimum absolute atomic E-state index is 1.08. The van der Waals surface area contributed by atoms with Gasteiger partial charge < -0.3 is 10.6 Å². The molecule has 88 valence electrons. The maximum Gasteiger partial charge on any atom is 0.0272 e. The summed E-state index contributed by atoms with van der Waals surface area (Å²) in [7, 11) is 0. The summed E-state index contributed by atoms with van der Waals surface area (Å²) in [5.41, 5.74) is 0. The highest BCUT2D eigenvalue weighted by molar-refractivity contribution is 4.69. The molecule has 5 nitrogen and oxygen atoms in total. The van der Waals surface area contributed by atoms with Gasteiger partial charge in [-0.25, -0.2) is 10.0 Å². The van der Waals surface area contributed by atoms with E-state index < -0.39 is 0 Å². The molecule has 2 rings (SSSR count). The zero-order valence-corrected chi connectivity index (χ0v) is 9.71. The Morgan fingerprint density at radius 2 is 1.27 bits per heavy atom. The van der Waals surface area contributed by atoms with Crippen LogP contribution in [-0.2, 0) is 0 Å². The van der Waals surface area contributed by atoms with Crippen molar-refractivity contribution in [2.75, 3.05) is 58.9 Å². The molecule has 0 aromatic heterocycles. The van der Waals surface area contributed by atoms with Gasteiger partial charge in [0.05, 0.1) is 0 Å². The lowest BCUT2D eigenvalue weighted by atomic mass is 10.4. The van der Waals surface area contributed by atoms with Gasteiger partial charge in [0.1, 0.15) is 0 Å². The molecule has 5 heteroatoms. The molecule has 0 aromatic rings. The maximum atomic E-state index is 3.40. The molecular weight excluding hydrogens is 190 g/mol. The minimum Gasteiger partial charge on any atom is -0.314 e. The average molecular weight is 213 g/mol. The smallest absolute Gasteiger partial charge is 0.0272 e. The lowest BCUT2D eigenvalue weighted by Gasteiger charge is -2.45. The van der Waals surface area contributed by atoms with Crippen LogP contribution in [-0.4, -0.2) is 74.0 Å². The Bertz CT molecular complexity index is 157. The van der Waals surface area contributed by atoms with Crippen molar-refractivity contribution in [2.24, 2.45) is 0 Å². The second-order valence-corrected chi connectivity index (χ2v) is 4.10. The van der Waals surface area contributed by atoms with E-state index in [4.69, 9.17) is 0 Å². The van der Waals surface area contributed by atoms with Crippen LogP contribution in [0.15, 0.2) is 0 Å². The van der Waals surface area contributed by atoms with Gasteiger partial charge in [0.2, 0.25) is 0 Å². The summed E-state index contributed by atoms with van der Waals surface area (Å²) in [6, 6.07) is 0. The Morgan fingerprint density at radius 1 is 0.867 bits per heavy atom. The lowest BCUT2D eigenvalue weighted by Crippen LogP contribution is -2.61. The van der Waals surface area contributed by atoms with E-state index in [1.54, 1.807) is 0 Å². The van der Waals surface area contributed by atoms with Gasteiger partial charge in [-0.2, -0.15) is 5.12 Å². The number of piperazine rings is 2. The summed E-state index contributed by atoms with van der Waals surface area (Å²) in [6.07, 6.45) is 0. The van der Waals surface area contributed by atoms with Crippen LogP contribution in [0.1, 0.15) is 6.92 Å². The second kappa shape index (κ2) is 5.77. The molecule has 0 bridgehead atoms. The number of hydrazine groups is 2. The quantitative estimate of drug-likeness (QED) is 0.625. The van der Waals surface area contributed by atoms with Gasteiger partial charge in [-0.1, -0.05) is 0 Å². The van der Waals surface area contributed by atoms with Crippen molar-refractivity contribution in [3.8, 4) is 0 Å². The van der Waals surface area contributed by atoms with Gasteiger partial charge in [-0.15, -0.1) is 0 Å². The van der Waals surface area contributed by atoms with Crippen molar-refractivity contribution < 1.29 is 0 Å². The molecule has 0 aliphatic carbocycles. The SMILES string of the molecule is CCN(N1CCNCC1)N1CCNCC1. The third-order valence-corrected chi connectivity index (χ3v) is 3.12. The lowest BCUT2D eigenvalue weighted by molar-refractivity contribution is -0.189. The molecule has 0 radical (unpaired) electrons. The molecule has 2 heterocycles. The van der Waals surface area contributed by atoms with E-state index in [2.05, 4.69) is 32.7 Å². The first-order valence-corrected chi connectivity index (χ1v) is 6.10. The number of hydrogen-bond donors (Lipinski definition) is 2. The Balaban J connectivity index is 1.88. The summed E-state index contributed by atoms with van der Waals surface area (Å²) < 4.78 is 0. The molecule has 2 saturated heterocycles. The molecule has 0 amide bonds. The van der Waals surface area contributed by atoms with Crippen LogP contribution in [0.4, 0.5) is 0 Å². The van der Waals surface area contributed by atoms with Crippen molar-refractivity contribution in [2.45, 2.75) is 6.92 Å². The summed E-state index contributed by atoms with van der Waals surface area (Å²) in [4.78, 5) is 0. The van der Waals surface area contributed by atoms with E-state index in [1.165, 1.54) is 0 Å². The van der Waals surface area contributed by atoms with E-state index >= 15 is 0 Å². The van der Waals surface area contributed by atoms with E-state index in [-0.39, 0.29) is 0 Å². The van der Waals surface area contributed by atoms with Crippen LogP contribution >= 0.6 is 0 Å². The van der Waals surface area contributed by atoms with Gasteiger partial charge in [0.25, 0.3) is 0 Å². The standard InChI is InChI=1S/C10H23N5/c1-2-15(13-7-3-11-4-8-13)14-9-5-12-6-10-14/h11-12H,2-10H2,1H3. The van der Waals surface area contributed by atoms with Crippen molar-refractivity contribution in [1.82, 2.24) is 25.8 Å². The Labute approximate surface area is 92.3 Å². The molecular formula is C10H23N5. The molecule has 2 aliphatic heterocycles. The highest BCUT2D eigenvalue weighted by Gasteiger charge is 2.23. The highest BCUT2D eigenvalue weighted by atomic mass is 15.9. The monoisotopic (exact) mass is 213 g/mol. The average Bonchev–Trinajstić information content (AvgIpc) is 2.33. The van der Waals surface area contributed by atoms with E-state index in [1.807, 2.05) is 0 Å². The van der Waals surface area contributed by atoms with Crippen LogP contribution < -0.4 is 10.6 Å². The summed E-state index contributed by atoms with van der Waals surface area (Å²) in [5.74, 6) is 0. The van der Waals surface area contributed by atoms with Gasteiger partial charge in [0, 0.05) is 58.9 Å². The predicted molar refractivity (Wildman–Crippen MR) is 61.3 cm³/mol. The van der Waals surface area contributed by atoms with Crippen molar-refractivity contribution >= 4 is 0 Å². The van der Waals surface area contributed by atoms with Gasteiger partial charge in [0.15, 0.2) is 0 Å². The molecule has 0 spiro atoms. The Hall–Kier alpha value is -0.200. The van der Waals surface area contributed by atoms with Gasteiger partial charge >= 0.3 is 0 Å². The molecule has 0 saturated carbocycles. The molecule has 0 unspecified atom stereocenters. The summed E-state index contributed by atoms with van der Waals surface area (Å²) in [5, 5.41) is 14.2. The van der Waals surface area contributed by atoms with Gasteiger partial charge in [-0.3, -0.25) is 0 Å². The van der Waals surface area contributed by atoms with Crippen LogP contribution in [0, 0.1) is 0 Å². The topological polar surface area (TPSA) is 33.8 Å². The van der Waals surface area contributed by atoms with E-state index in [9.17, 15) is 0 Å². The Morgan fingerprint density at radius 3 is 1.60 bits per heavy atom. The molecule has 15 heavy (non-hydrogen) atoms. The Kier molecular flexibility index (Phi) is 4.34. The van der Waals surface area contributed by atoms with E-state index in [0.717, 1.165) is 58.9 Å². The third kappa shape index (κ3) is 2.89. The number of nitrogens with zero attached hydrogens (tertiary/aromatic N) is 3. The van der Waals surface area contributed by atoms with Crippen LogP contribution in [0.3, 0.4) is 0 Å². The first-order chi connectivity index (χ1) is 7.42. The largest absolute Gasteiger partial charge is 0.314 e. The second-order valence-electron chi connectivity index (χ2n) is 4.10. The number of rotatable bonds is 3. The molecule has 0 aromatic carbocycles. The molecule has 2 aliphatic rings. The van der Waals surface area contributed by atoms with Crippen LogP contribution in [0.5, 0.6) is 0 Å². The third-order valence-electron chi connectivity index (χ3n) is 3.12. The zero-order chi connectivity index (χ0) is 10.5. The first-order valence-electron chi connectivity index (χ1n) is 6.10. The molecule has 2 N–H and O–H groups in total.